The highest BCUT2D eigenvalue weighted by atomic mass is 16.5. The van der Waals surface area contributed by atoms with Crippen molar-refractivity contribution in [3.63, 3.8) is 0 Å². The van der Waals surface area contributed by atoms with Gasteiger partial charge in [-0.2, -0.15) is 0 Å². The third-order valence-electron chi connectivity index (χ3n) is 4.80. The van der Waals surface area contributed by atoms with E-state index in [2.05, 4.69) is 11.4 Å². The first kappa shape index (κ1) is 24.0. The number of allylic oxidation sites excluding steroid dienone is 5. The zero-order chi connectivity index (χ0) is 22.8. The van der Waals surface area contributed by atoms with Crippen LogP contribution in [0.4, 0.5) is 5.69 Å². The van der Waals surface area contributed by atoms with E-state index in [0.717, 1.165) is 16.8 Å². The van der Waals surface area contributed by atoms with E-state index in [-0.39, 0.29) is 17.6 Å². The molecule has 0 spiro atoms. The van der Waals surface area contributed by atoms with Crippen molar-refractivity contribution in [3.05, 3.63) is 83.0 Å². The van der Waals surface area contributed by atoms with Gasteiger partial charge in [-0.1, -0.05) is 24.3 Å². The number of hydrogen-bond donors (Lipinski definition) is 2. The molecule has 2 N–H and O–H groups in total. The molecular weight excluding hydrogens is 386 g/mol. The number of nitrogens with one attached hydrogen (secondary N) is 1. The zero-order valence-electron chi connectivity index (χ0n) is 19.1. The summed E-state index contributed by atoms with van der Waals surface area (Å²) in [4.78, 5) is 12.7. The number of carbonyl (C=O) groups excluding carboxylic acids is 1. The van der Waals surface area contributed by atoms with Gasteiger partial charge in [-0.15, -0.1) is 0 Å². The molecule has 0 fully saturated rings. The van der Waals surface area contributed by atoms with E-state index >= 15 is 0 Å². The van der Waals surface area contributed by atoms with Gasteiger partial charge in [-0.3, -0.25) is 4.79 Å². The molecule has 0 bridgehead atoms. The second-order valence-corrected chi connectivity index (χ2v) is 7.52. The average Bonchev–Trinajstić information content (AvgIpc) is 2.77. The summed E-state index contributed by atoms with van der Waals surface area (Å²) in [5.41, 5.74) is 3.85. The SMILES string of the molecule is CC=CCc1cc(CC=CC)c(OC(C)C)c(C=CC(=O)c2ccc(NC)cc2)c1O. The Morgan fingerprint density at radius 1 is 1.06 bits per heavy atom. The minimum Gasteiger partial charge on any atom is -0.507 e. The van der Waals surface area contributed by atoms with E-state index in [4.69, 9.17) is 4.74 Å². The van der Waals surface area contributed by atoms with Gasteiger partial charge in [0.2, 0.25) is 0 Å². The molecule has 0 aliphatic heterocycles. The Hall–Kier alpha value is -3.27. The second-order valence-electron chi connectivity index (χ2n) is 7.52. The van der Waals surface area contributed by atoms with Crippen molar-refractivity contribution in [1.82, 2.24) is 0 Å². The third-order valence-corrected chi connectivity index (χ3v) is 4.80. The smallest absolute Gasteiger partial charge is 0.185 e. The number of benzene rings is 2. The molecule has 4 nitrogen and oxygen atoms in total. The van der Waals surface area contributed by atoms with Crippen LogP contribution in [0.5, 0.6) is 11.5 Å². The summed E-state index contributed by atoms with van der Waals surface area (Å²) in [6.45, 7) is 7.83. The van der Waals surface area contributed by atoms with Gasteiger partial charge in [0.1, 0.15) is 11.5 Å². The minimum atomic E-state index is -0.133. The topological polar surface area (TPSA) is 58.6 Å². The number of phenols is 1. The number of hydrogen-bond acceptors (Lipinski definition) is 4. The summed E-state index contributed by atoms with van der Waals surface area (Å²) >= 11 is 0. The Bertz CT molecular complexity index is 967. The van der Waals surface area contributed by atoms with Crippen LogP contribution in [0.25, 0.3) is 6.08 Å². The monoisotopic (exact) mass is 419 g/mol. The number of carbonyl (C=O) groups is 1. The van der Waals surface area contributed by atoms with Crippen LogP contribution in [-0.4, -0.2) is 24.0 Å². The molecule has 0 radical (unpaired) electrons. The van der Waals surface area contributed by atoms with Crippen molar-refractivity contribution in [2.45, 2.75) is 46.6 Å². The number of ether oxygens (including phenoxy) is 1. The molecule has 0 aliphatic rings. The molecular formula is C27H33NO3. The molecule has 2 aromatic rings. The van der Waals surface area contributed by atoms with Crippen LogP contribution in [0.15, 0.2) is 60.7 Å². The molecule has 31 heavy (non-hydrogen) atoms. The maximum Gasteiger partial charge on any atom is 0.185 e. The Balaban J connectivity index is 2.54. The summed E-state index contributed by atoms with van der Waals surface area (Å²) in [7, 11) is 1.84. The number of aromatic hydroxyl groups is 1. The van der Waals surface area contributed by atoms with Gasteiger partial charge in [-0.25, -0.2) is 0 Å². The van der Waals surface area contributed by atoms with Crippen LogP contribution in [0.3, 0.4) is 0 Å². The molecule has 0 unspecified atom stereocenters. The van der Waals surface area contributed by atoms with E-state index in [1.807, 2.05) is 71.2 Å². The van der Waals surface area contributed by atoms with Crippen LogP contribution in [0.1, 0.15) is 54.7 Å². The fourth-order valence-electron chi connectivity index (χ4n) is 3.18. The molecule has 0 saturated heterocycles. The van der Waals surface area contributed by atoms with E-state index in [1.54, 1.807) is 18.2 Å². The largest absolute Gasteiger partial charge is 0.507 e. The third kappa shape index (κ3) is 6.61. The normalized spacial score (nSPS) is 11.8. The van der Waals surface area contributed by atoms with Gasteiger partial charge in [0.15, 0.2) is 5.78 Å². The first-order valence-electron chi connectivity index (χ1n) is 10.7. The molecule has 164 valence electrons. The predicted molar refractivity (Wildman–Crippen MR) is 130 cm³/mol. The quantitative estimate of drug-likeness (QED) is 0.267. The van der Waals surface area contributed by atoms with Crippen molar-refractivity contribution in [3.8, 4) is 11.5 Å². The maximum absolute atomic E-state index is 12.7. The van der Waals surface area contributed by atoms with Crippen molar-refractivity contribution in [2.75, 3.05) is 12.4 Å². The van der Waals surface area contributed by atoms with Gasteiger partial charge < -0.3 is 15.2 Å². The number of ketones is 1. The van der Waals surface area contributed by atoms with Gasteiger partial charge in [0.05, 0.1) is 11.7 Å². The maximum atomic E-state index is 12.7. The highest BCUT2D eigenvalue weighted by Crippen LogP contribution is 2.38. The van der Waals surface area contributed by atoms with Gasteiger partial charge >= 0.3 is 0 Å². The fraction of sp³-hybridized carbons (Fsp3) is 0.296. The Morgan fingerprint density at radius 3 is 2.23 bits per heavy atom. The lowest BCUT2D eigenvalue weighted by atomic mass is 9.96. The van der Waals surface area contributed by atoms with Crippen LogP contribution in [-0.2, 0) is 12.8 Å². The van der Waals surface area contributed by atoms with Crippen molar-refractivity contribution in [2.24, 2.45) is 0 Å². The standard InChI is InChI=1S/C27H33NO3/c1-6-8-10-21-18-22(11-9-7-2)27(31-19(3)4)24(26(21)30)16-17-25(29)20-12-14-23(28-5)15-13-20/h6-9,12-19,28,30H,10-11H2,1-5H3. The van der Waals surface area contributed by atoms with Crippen LogP contribution < -0.4 is 10.1 Å². The molecule has 0 aromatic heterocycles. The molecule has 2 aromatic carbocycles. The van der Waals surface area contributed by atoms with Crippen LogP contribution in [0.2, 0.25) is 0 Å². The molecule has 4 heteroatoms. The number of rotatable bonds is 10. The summed E-state index contributed by atoms with van der Waals surface area (Å²) in [6.07, 6.45) is 12.4. The molecule has 2 rings (SSSR count). The summed E-state index contributed by atoms with van der Waals surface area (Å²) in [5.74, 6) is 0.628. The van der Waals surface area contributed by atoms with Gasteiger partial charge in [-0.05, 0) is 94.1 Å². The summed E-state index contributed by atoms with van der Waals surface area (Å²) in [5, 5.41) is 14.0. The number of phenolic OH excluding ortho intramolecular Hbond substituents is 1. The van der Waals surface area contributed by atoms with Crippen molar-refractivity contribution >= 4 is 17.5 Å². The molecule has 0 atom stereocenters. The summed E-state index contributed by atoms with van der Waals surface area (Å²) < 4.78 is 6.10. The summed E-state index contributed by atoms with van der Waals surface area (Å²) in [6, 6.07) is 9.27. The molecule has 0 aliphatic carbocycles. The van der Waals surface area contributed by atoms with E-state index in [0.29, 0.717) is 29.7 Å². The minimum absolute atomic E-state index is 0.0675. The number of anilines is 1. The van der Waals surface area contributed by atoms with E-state index in [9.17, 15) is 9.90 Å². The highest BCUT2D eigenvalue weighted by Gasteiger charge is 2.18. The van der Waals surface area contributed by atoms with Gasteiger partial charge in [0, 0.05) is 18.3 Å². The Morgan fingerprint density at radius 2 is 1.68 bits per heavy atom. The Kier molecular flexibility index (Phi) is 9.13. The average molecular weight is 420 g/mol. The highest BCUT2D eigenvalue weighted by molar-refractivity contribution is 6.07. The van der Waals surface area contributed by atoms with Crippen molar-refractivity contribution < 1.29 is 14.6 Å². The lowest BCUT2D eigenvalue weighted by Gasteiger charge is -2.19. The first-order valence-corrected chi connectivity index (χ1v) is 10.7. The van der Waals surface area contributed by atoms with E-state index < -0.39 is 0 Å². The van der Waals surface area contributed by atoms with Crippen molar-refractivity contribution in [1.29, 1.82) is 0 Å². The molecule has 0 saturated carbocycles. The van der Waals surface area contributed by atoms with E-state index in [1.165, 1.54) is 6.08 Å². The second kappa shape index (κ2) is 11.8. The van der Waals surface area contributed by atoms with Gasteiger partial charge in [0.25, 0.3) is 0 Å². The zero-order valence-corrected chi connectivity index (χ0v) is 19.1. The lowest BCUT2D eigenvalue weighted by Crippen LogP contribution is -2.10. The predicted octanol–water partition coefficient (Wildman–Crippen LogP) is 6.35. The lowest BCUT2D eigenvalue weighted by molar-refractivity contribution is 0.104. The van der Waals surface area contributed by atoms with Crippen LogP contribution in [0, 0.1) is 0 Å². The first-order chi connectivity index (χ1) is 14.9. The fourth-order valence-corrected chi connectivity index (χ4v) is 3.18. The molecule has 0 amide bonds. The molecule has 0 heterocycles. The van der Waals surface area contributed by atoms with Crippen LogP contribution >= 0.6 is 0 Å². The Labute approximate surface area is 186 Å².